The first-order chi connectivity index (χ1) is 12.2. The molecule has 0 heterocycles. The van der Waals surface area contributed by atoms with Crippen LogP contribution in [0.25, 0.3) is 0 Å². The highest BCUT2D eigenvalue weighted by atomic mass is 35.5. The van der Waals surface area contributed by atoms with Crippen molar-refractivity contribution >= 4 is 29.2 Å². The second-order valence-electron chi connectivity index (χ2n) is 6.80. The Balaban J connectivity index is 2.05. The number of carbonyl (C=O) groups excluding carboxylic acids is 2. The fourth-order valence-corrected chi connectivity index (χ4v) is 2.46. The van der Waals surface area contributed by atoms with Crippen molar-refractivity contribution < 1.29 is 19.1 Å². The zero-order valence-electron chi connectivity index (χ0n) is 15.3. The first-order valence-corrected chi connectivity index (χ1v) is 8.49. The Bertz CT molecular complexity index is 812. The molecule has 138 valence electrons. The van der Waals surface area contributed by atoms with Crippen molar-refractivity contribution in [2.45, 2.75) is 26.2 Å². The van der Waals surface area contributed by atoms with E-state index in [2.05, 4.69) is 26.1 Å². The number of hydrogen-bond donors (Lipinski definition) is 1. The zero-order valence-corrected chi connectivity index (χ0v) is 16.0. The van der Waals surface area contributed by atoms with Crippen LogP contribution in [0.3, 0.4) is 0 Å². The monoisotopic (exact) mass is 375 g/mol. The predicted octanol–water partition coefficient (Wildman–Crippen LogP) is 4.44. The van der Waals surface area contributed by atoms with Crippen LogP contribution in [0.4, 0.5) is 5.69 Å². The van der Waals surface area contributed by atoms with Crippen molar-refractivity contribution in [3.8, 4) is 5.75 Å². The number of esters is 1. The van der Waals surface area contributed by atoms with Crippen LogP contribution in [0, 0.1) is 0 Å². The molecule has 26 heavy (non-hydrogen) atoms. The fourth-order valence-electron chi connectivity index (χ4n) is 2.29. The number of carbonyl (C=O) groups is 2. The van der Waals surface area contributed by atoms with Gasteiger partial charge in [0.25, 0.3) is 5.91 Å². The summed E-state index contributed by atoms with van der Waals surface area (Å²) in [6, 6.07) is 12.2. The van der Waals surface area contributed by atoms with Crippen LogP contribution < -0.4 is 10.1 Å². The van der Waals surface area contributed by atoms with E-state index in [-0.39, 0.29) is 17.6 Å². The Morgan fingerprint density at radius 2 is 1.85 bits per heavy atom. The van der Waals surface area contributed by atoms with E-state index in [1.54, 1.807) is 18.2 Å². The molecule has 2 rings (SSSR count). The number of ether oxygens (including phenoxy) is 2. The number of anilines is 1. The van der Waals surface area contributed by atoms with Crippen LogP contribution in [0.2, 0.25) is 5.02 Å². The van der Waals surface area contributed by atoms with E-state index in [0.717, 1.165) is 5.56 Å². The molecule has 0 aliphatic rings. The topological polar surface area (TPSA) is 64.6 Å². The van der Waals surface area contributed by atoms with Crippen LogP contribution in [-0.4, -0.2) is 25.6 Å². The molecule has 0 fully saturated rings. The molecule has 0 saturated carbocycles. The molecule has 0 unspecified atom stereocenters. The summed E-state index contributed by atoms with van der Waals surface area (Å²) in [5.41, 5.74) is 1.60. The Morgan fingerprint density at radius 1 is 1.12 bits per heavy atom. The summed E-state index contributed by atoms with van der Waals surface area (Å²) in [4.78, 5) is 24.0. The van der Waals surface area contributed by atoms with Gasteiger partial charge in [0.15, 0.2) is 6.61 Å². The highest BCUT2D eigenvalue weighted by molar-refractivity contribution is 6.31. The molecule has 2 aromatic rings. The zero-order chi connectivity index (χ0) is 19.3. The standard InChI is InChI=1S/C20H22ClNO4/c1-20(2,3)13-6-5-7-15(10-13)26-12-18(23)22-17-9-8-14(21)11-16(17)19(24)25-4/h5-11H,12H2,1-4H3,(H,22,23). The van der Waals surface area contributed by atoms with Crippen LogP contribution in [0.5, 0.6) is 5.75 Å². The normalized spacial score (nSPS) is 11.0. The van der Waals surface area contributed by atoms with Gasteiger partial charge >= 0.3 is 5.97 Å². The largest absolute Gasteiger partial charge is 0.484 e. The highest BCUT2D eigenvalue weighted by Gasteiger charge is 2.16. The Morgan fingerprint density at radius 3 is 2.50 bits per heavy atom. The maximum Gasteiger partial charge on any atom is 0.340 e. The number of rotatable bonds is 5. The van der Waals surface area contributed by atoms with E-state index in [4.69, 9.17) is 21.1 Å². The number of methoxy groups -OCH3 is 1. The van der Waals surface area contributed by atoms with Gasteiger partial charge in [0, 0.05) is 5.02 Å². The maximum absolute atomic E-state index is 12.2. The lowest BCUT2D eigenvalue weighted by Crippen LogP contribution is -2.22. The fraction of sp³-hybridized carbons (Fsp3) is 0.300. The molecule has 0 aromatic heterocycles. The van der Waals surface area contributed by atoms with Gasteiger partial charge in [0.1, 0.15) is 5.75 Å². The Kier molecular flexibility index (Phi) is 6.27. The minimum Gasteiger partial charge on any atom is -0.484 e. The molecule has 0 saturated heterocycles. The van der Waals surface area contributed by atoms with Gasteiger partial charge in [-0.1, -0.05) is 44.5 Å². The van der Waals surface area contributed by atoms with E-state index in [1.807, 2.05) is 18.2 Å². The molecule has 0 bridgehead atoms. The van der Waals surface area contributed by atoms with Gasteiger partial charge in [-0.25, -0.2) is 4.79 Å². The van der Waals surface area contributed by atoms with Gasteiger partial charge < -0.3 is 14.8 Å². The molecular formula is C20H22ClNO4. The van der Waals surface area contributed by atoms with Gasteiger partial charge in [0.2, 0.25) is 0 Å². The first-order valence-electron chi connectivity index (χ1n) is 8.12. The van der Waals surface area contributed by atoms with Crippen molar-refractivity contribution in [1.82, 2.24) is 0 Å². The number of hydrogen-bond acceptors (Lipinski definition) is 4. The molecule has 1 N–H and O–H groups in total. The number of halogens is 1. The lowest BCUT2D eigenvalue weighted by molar-refractivity contribution is -0.118. The van der Waals surface area contributed by atoms with Gasteiger partial charge in [-0.2, -0.15) is 0 Å². The molecule has 5 nitrogen and oxygen atoms in total. The van der Waals surface area contributed by atoms with E-state index in [1.165, 1.54) is 13.2 Å². The third-order valence-corrected chi connectivity index (χ3v) is 3.97. The molecule has 0 aliphatic carbocycles. The number of amides is 1. The summed E-state index contributed by atoms with van der Waals surface area (Å²) in [5.74, 6) is -0.364. The third kappa shape index (κ3) is 5.23. The summed E-state index contributed by atoms with van der Waals surface area (Å²) in [5, 5.41) is 3.02. The maximum atomic E-state index is 12.2. The van der Waals surface area contributed by atoms with Crippen molar-refractivity contribution in [3.63, 3.8) is 0 Å². The van der Waals surface area contributed by atoms with E-state index >= 15 is 0 Å². The van der Waals surface area contributed by atoms with Crippen LogP contribution in [-0.2, 0) is 14.9 Å². The van der Waals surface area contributed by atoms with Crippen LogP contribution in [0.1, 0.15) is 36.7 Å². The summed E-state index contributed by atoms with van der Waals surface area (Å²) in [7, 11) is 1.26. The van der Waals surface area contributed by atoms with Crippen LogP contribution in [0.15, 0.2) is 42.5 Å². The van der Waals surface area contributed by atoms with Crippen molar-refractivity contribution in [3.05, 3.63) is 58.6 Å². The lowest BCUT2D eigenvalue weighted by Gasteiger charge is -2.19. The molecule has 0 spiro atoms. The molecule has 0 radical (unpaired) electrons. The van der Waals surface area contributed by atoms with E-state index < -0.39 is 11.9 Å². The molecule has 6 heteroatoms. The molecule has 0 aliphatic heterocycles. The second kappa shape index (κ2) is 8.23. The summed E-state index contributed by atoms with van der Waals surface area (Å²) in [6.45, 7) is 6.13. The van der Waals surface area contributed by atoms with Gasteiger partial charge in [-0.05, 0) is 41.3 Å². The minimum absolute atomic E-state index is 0.0135. The lowest BCUT2D eigenvalue weighted by atomic mass is 9.87. The molecule has 2 aromatic carbocycles. The summed E-state index contributed by atoms with van der Waals surface area (Å²) in [6.07, 6.45) is 0. The quantitative estimate of drug-likeness (QED) is 0.784. The van der Waals surface area contributed by atoms with Crippen molar-refractivity contribution in [1.29, 1.82) is 0 Å². The second-order valence-corrected chi connectivity index (χ2v) is 7.23. The van der Waals surface area contributed by atoms with Crippen LogP contribution >= 0.6 is 11.6 Å². The average Bonchev–Trinajstić information content (AvgIpc) is 2.60. The third-order valence-electron chi connectivity index (χ3n) is 3.73. The summed E-state index contributed by atoms with van der Waals surface area (Å²) >= 11 is 5.90. The van der Waals surface area contributed by atoms with Gasteiger partial charge in [-0.3, -0.25) is 4.79 Å². The van der Waals surface area contributed by atoms with E-state index in [0.29, 0.717) is 16.5 Å². The Labute approximate surface area is 158 Å². The SMILES string of the molecule is COC(=O)c1cc(Cl)ccc1NC(=O)COc1cccc(C(C)(C)C)c1. The van der Waals surface area contributed by atoms with Gasteiger partial charge in [0.05, 0.1) is 18.4 Å². The molecular weight excluding hydrogens is 354 g/mol. The van der Waals surface area contributed by atoms with Crippen molar-refractivity contribution in [2.24, 2.45) is 0 Å². The highest BCUT2D eigenvalue weighted by Crippen LogP contribution is 2.26. The van der Waals surface area contributed by atoms with E-state index in [9.17, 15) is 9.59 Å². The molecule has 1 amide bonds. The Hall–Kier alpha value is -2.53. The van der Waals surface area contributed by atoms with Crippen molar-refractivity contribution in [2.75, 3.05) is 19.0 Å². The average molecular weight is 376 g/mol. The predicted molar refractivity (Wildman–Crippen MR) is 102 cm³/mol. The number of benzene rings is 2. The van der Waals surface area contributed by atoms with Gasteiger partial charge in [-0.15, -0.1) is 0 Å². The first kappa shape index (κ1) is 19.8. The molecule has 0 atom stereocenters. The minimum atomic E-state index is -0.582. The summed E-state index contributed by atoms with van der Waals surface area (Å²) < 4.78 is 10.3. The smallest absolute Gasteiger partial charge is 0.340 e. The number of nitrogens with one attached hydrogen (secondary N) is 1.